The highest BCUT2D eigenvalue weighted by Crippen LogP contribution is 2.37. The van der Waals surface area contributed by atoms with Crippen LogP contribution < -0.4 is 15.5 Å². The van der Waals surface area contributed by atoms with Gasteiger partial charge in [-0.05, 0) is 64.2 Å². The smallest absolute Gasteiger partial charge is 0.416 e. The lowest BCUT2D eigenvalue weighted by atomic mass is 9.77. The first-order chi connectivity index (χ1) is 19.7. The zero-order chi connectivity index (χ0) is 30.5. The van der Waals surface area contributed by atoms with Gasteiger partial charge in [-0.25, -0.2) is 9.97 Å². The summed E-state index contributed by atoms with van der Waals surface area (Å²) in [6.07, 6.45) is -0.388. The third kappa shape index (κ3) is 8.76. The number of nitrogens with one attached hydrogen (secondary N) is 2. The van der Waals surface area contributed by atoms with E-state index in [0.29, 0.717) is 31.6 Å². The molecule has 42 heavy (non-hydrogen) atoms. The molecule has 0 atom stereocenters. The number of halogens is 4. The summed E-state index contributed by atoms with van der Waals surface area (Å²) in [5.74, 6) is -1.51. The summed E-state index contributed by atoms with van der Waals surface area (Å²) >= 11 is 0. The number of carbonyl (C=O) groups excluding carboxylic acids is 2. The van der Waals surface area contributed by atoms with E-state index in [-0.39, 0.29) is 49.6 Å². The highest BCUT2D eigenvalue weighted by molar-refractivity contribution is 5.82. The first-order valence-corrected chi connectivity index (χ1v) is 14.0. The number of carbonyl (C=O) groups is 2. The van der Waals surface area contributed by atoms with Crippen LogP contribution in [0.15, 0.2) is 30.6 Å². The van der Waals surface area contributed by atoms with Crippen LogP contribution in [-0.4, -0.2) is 59.8 Å². The van der Waals surface area contributed by atoms with Gasteiger partial charge in [-0.3, -0.25) is 9.59 Å². The number of aromatic nitrogens is 2. The summed E-state index contributed by atoms with van der Waals surface area (Å²) in [6, 6.07) is 4.82. The minimum absolute atomic E-state index is 0.0139. The molecular formula is C29H37F4N5O4. The maximum Gasteiger partial charge on any atom is 0.416 e. The van der Waals surface area contributed by atoms with Crippen molar-refractivity contribution in [1.29, 1.82) is 0 Å². The van der Waals surface area contributed by atoms with Crippen molar-refractivity contribution in [2.45, 2.75) is 77.2 Å². The molecule has 13 heteroatoms. The Balaban J connectivity index is 1.43. The van der Waals surface area contributed by atoms with Crippen LogP contribution >= 0.6 is 0 Å². The summed E-state index contributed by atoms with van der Waals surface area (Å²) in [6.45, 7) is 6.25. The van der Waals surface area contributed by atoms with Gasteiger partial charge in [-0.2, -0.15) is 17.6 Å². The molecule has 230 valence electrons. The zero-order valence-corrected chi connectivity index (χ0v) is 24.0. The van der Waals surface area contributed by atoms with E-state index in [1.807, 2.05) is 0 Å². The van der Waals surface area contributed by atoms with Crippen molar-refractivity contribution in [2.75, 3.05) is 36.5 Å². The first kappa shape index (κ1) is 31.5. The molecule has 4 rings (SSSR count). The number of hydrogen-bond donors (Lipinski definition) is 2. The van der Waals surface area contributed by atoms with Crippen molar-refractivity contribution in [2.24, 2.45) is 5.41 Å². The number of esters is 1. The zero-order valence-electron chi connectivity index (χ0n) is 24.0. The molecule has 1 aliphatic carbocycles. The molecule has 0 radical (unpaired) electrons. The number of hydrogen-bond acceptors (Lipinski definition) is 8. The average Bonchev–Trinajstić information content (AvgIpc) is 3.75. The average molecular weight is 596 g/mol. The molecular weight excluding hydrogens is 558 g/mol. The molecule has 2 heterocycles. The van der Waals surface area contributed by atoms with Gasteiger partial charge in [0.25, 0.3) is 0 Å². The summed E-state index contributed by atoms with van der Waals surface area (Å²) < 4.78 is 65.5. The number of rotatable bonds is 11. The molecule has 2 fully saturated rings. The van der Waals surface area contributed by atoms with Crippen LogP contribution in [0.1, 0.15) is 64.0 Å². The topological polar surface area (TPSA) is 106 Å². The fraction of sp³-hybridized carbons (Fsp3) is 0.586. The molecule has 0 unspecified atom stereocenters. The van der Waals surface area contributed by atoms with Crippen molar-refractivity contribution in [1.82, 2.24) is 15.3 Å². The molecule has 2 aromatic rings. The van der Waals surface area contributed by atoms with Crippen LogP contribution in [0.2, 0.25) is 0 Å². The second-order valence-corrected chi connectivity index (χ2v) is 11.9. The Hall–Kier alpha value is -3.48. The summed E-state index contributed by atoms with van der Waals surface area (Å²) in [4.78, 5) is 34.8. The summed E-state index contributed by atoms with van der Waals surface area (Å²) in [5, 5.41) is 5.68. The number of nitrogens with zero attached hydrogens (tertiary/aromatic N) is 3. The van der Waals surface area contributed by atoms with E-state index >= 15 is 4.39 Å². The fourth-order valence-electron chi connectivity index (χ4n) is 4.89. The lowest BCUT2D eigenvalue weighted by Gasteiger charge is -2.37. The monoisotopic (exact) mass is 595 g/mol. The standard InChI is InChI=1S/C29H37F4N5O4/c1-27(2,3)42-23(40)15-34-22(39)14-28(10-12-41-13-11-28)17-35-25-24(30)26(37-18-36-25)38(21-8-9-21)16-19-4-6-20(7-5-19)29(31,32)33/h4-7,18,21H,8-17H2,1-3H3,(H,34,39)(H,35,36,37). The highest BCUT2D eigenvalue weighted by atomic mass is 19.4. The van der Waals surface area contributed by atoms with E-state index in [2.05, 4.69) is 20.6 Å². The van der Waals surface area contributed by atoms with Gasteiger partial charge >= 0.3 is 12.1 Å². The molecule has 1 saturated heterocycles. The maximum absolute atomic E-state index is 15.8. The van der Waals surface area contributed by atoms with Crippen molar-refractivity contribution < 1.29 is 36.6 Å². The van der Waals surface area contributed by atoms with Crippen molar-refractivity contribution >= 4 is 23.5 Å². The molecule has 2 N–H and O–H groups in total. The summed E-state index contributed by atoms with van der Waals surface area (Å²) in [7, 11) is 0. The first-order valence-electron chi connectivity index (χ1n) is 14.0. The second kappa shape index (κ2) is 12.8. The Morgan fingerprint density at radius 3 is 2.36 bits per heavy atom. The molecule has 0 spiro atoms. The van der Waals surface area contributed by atoms with Gasteiger partial charge in [0.15, 0.2) is 11.6 Å². The Labute approximate surface area is 242 Å². The number of alkyl halides is 3. The Kier molecular flexibility index (Phi) is 9.59. The Morgan fingerprint density at radius 1 is 1.10 bits per heavy atom. The second-order valence-electron chi connectivity index (χ2n) is 11.9. The van der Waals surface area contributed by atoms with Crippen LogP contribution in [0.4, 0.5) is 29.2 Å². The maximum atomic E-state index is 15.8. The lowest BCUT2D eigenvalue weighted by molar-refractivity contribution is -0.154. The fourth-order valence-corrected chi connectivity index (χ4v) is 4.89. The largest absolute Gasteiger partial charge is 0.459 e. The van der Waals surface area contributed by atoms with Gasteiger partial charge < -0.3 is 25.0 Å². The van der Waals surface area contributed by atoms with Gasteiger partial charge in [0.1, 0.15) is 18.5 Å². The van der Waals surface area contributed by atoms with Crippen molar-refractivity contribution in [3.63, 3.8) is 0 Å². The van der Waals surface area contributed by atoms with Crippen molar-refractivity contribution in [3.8, 4) is 0 Å². The van der Waals surface area contributed by atoms with E-state index in [4.69, 9.17) is 9.47 Å². The minimum Gasteiger partial charge on any atom is -0.459 e. The number of amides is 1. The lowest BCUT2D eigenvalue weighted by Crippen LogP contribution is -2.42. The molecule has 9 nitrogen and oxygen atoms in total. The molecule has 1 aromatic carbocycles. The van der Waals surface area contributed by atoms with Gasteiger partial charge in [-0.15, -0.1) is 0 Å². The predicted octanol–water partition coefficient (Wildman–Crippen LogP) is 4.86. The quantitative estimate of drug-likeness (QED) is 0.280. The SMILES string of the molecule is CC(C)(C)OC(=O)CNC(=O)CC1(CNc2ncnc(N(Cc3ccc(C(F)(F)F)cc3)C3CC3)c2F)CCOCC1. The number of benzene rings is 1. The van der Waals surface area contributed by atoms with E-state index in [9.17, 15) is 22.8 Å². The minimum atomic E-state index is -4.44. The van der Waals surface area contributed by atoms with Gasteiger partial charge in [0, 0.05) is 44.2 Å². The molecule has 0 bridgehead atoms. The normalized spacial score (nSPS) is 16.9. The highest BCUT2D eigenvalue weighted by Gasteiger charge is 2.37. The third-order valence-corrected chi connectivity index (χ3v) is 7.23. The molecule has 1 saturated carbocycles. The Morgan fingerprint density at radius 2 is 1.76 bits per heavy atom. The molecule has 2 aliphatic rings. The van der Waals surface area contributed by atoms with Crippen LogP contribution in [0.3, 0.4) is 0 Å². The van der Waals surface area contributed by atoms with Gasteiger partial charge in [-0.1, -0.05) is 12.1 Å². The van der Waals surface area contributed by atoms with E-state index in [1.165, 1.54) is 18.5 Å². The predicted molar refractivity (Wildman–Crippen MR) is 147 cm³/mol. The molecule has 1 aromatic heterocycles. The molecule has 1 amide bonds. The molecule has 1 aliphatic heterocycles. The van der Waals surface area contributed by atoms with Gasteiger partial charge in [0.2, 0.25) is 11.7 Å². The van der Waals surface area contributed by atoms with Crippen LogP contribution in [0.5, 0.6) is 0 Å². The number of anilines is 2. The third-order valence-electron chi connectivity index (χ3n) is 7.23. The van der Waals surface area contributed by atoms with Crippen LogP contribution in [-0.2, 0) is 31.8 Å². The van der Waals surface area contributed by atoms with E-state index < -0.39 is 34.5 Å². The van der Waals surface area contributed by atoms with E-state index in [0.717, 1.165) is 25.0 Å². The number of ether oxygens (including phenoxy) is 2. The van der Waals surface area contributed by atoms with E-state index in [1.54, 1.807) is 25.7 Å². The van der Waals surface area contributed by atoms with Crippen molar-refractivity contribution in [3.05, 3.63) is 47.5 Å². The summed E-state index contributed by atoms with van der Waals surface area (Å²) in [5.41, 5.74) is -1.38. The van der Waals surface area contributed by atoms with Crippen LogP contribution in [0.25, 0.3) is 0 Å². The van der Waals surface area contributed by atoms with Crippen LogP contribution in [0, 0.1) is 11.2 Å². The van der Waals surface area contributed by atoms with Gasteiger partial charge in [0.05, 0.1) is 5.56 Å². The Bertz CT molecular complexity index is 1240.